The molecule has 0 unspecified atom stereocenters. The molecule has 1 saturated heterocycles. The maximum Gasteiger partial charge on any atom is 0.409 e. The standard InChI is InChI=1S/C16H20N4O3/c1-2-23-16(22)19-7-4-13(5-8-19)18-15(21)12-3-6-20-11-17-10-14(20)9-12/h3,6,9-11,13H,2,4-5,7-8H2,1H3,(H,18,21). The summed E-state index contributed by atoms with van der Waals surface area (Å²) in [6.07, 6.45) is 6.43. The minimum absolute atomic E-state index is 0.0781. The molecule has 1 N–H and O–H groups in total. The molecule has 23 heavy (non-hydrogen) atoms. The topological polar surface area (TPSA) is 75.9 Å². The van der Waals surface area contributed by atoms with E-state index < -0.39 is 0 Å². The lowest BCUT2D eigenvalue weighted by Crippen LogP contribution is -2.46. The number of amides is 2. The number of aromatic nitrogens is 2. The summed E-state index contributed by atoms with van der Waals surface area (Å²) in [5.74, 6) is -0.0942. The maximum absolute atomic E-state index is 12.4. The van der Waals surface area contributed by atoms with Gasteiger partial charge in [0, 0.05) is 30.9 Å². The molecule has 3 heterocycles. The van der Waals surface area contributed by atoms with Crippen LogP contribution in [0.25, 0.3) is 5.52 Å². The number of carbonyl (C=O) groups is 2. The van der Waals surface area contributed by atoms with Crippen molar-refractivity contribution in [2.45, 2.75) is 25.8 Å². The largest absolute Gasteiger partial charge is 0.450 e. The van der Waals surface area contributed by atoms with Crippen molar-refractivity contribution in [3.63, 3.8) is 0 Å². The molecule has 1 aliphatic rings. The van der Waals surface area contributed by atoms with Crippen LogP contribution in [-0.2, 0) is 4.74 Å². The minimum Gasteiger partial charge on any atom is -0.450 e. The number of likely N-dealkylation sites (tertiary alicyclic amines) is 1. The second-order valence-corrected chi connectivity index (χ2v) is 5.57. The first-order valence-electron chi connectivity index (χ1n) is 7.81. The molecule has 7 nitrogen and oxygen atoms in total. The molecule has 0 bridgehead atoms. The number of fused-ring (bicyclic) bond motifs is 1. The lowest BCUT2D eigenvalue weighted by atomic mass is 10.0. The second kappa shape index (κ2) is 6.68. The van der Waals surface area contributed by atoms with E-state index in [1.54, 1.807) is 30.4 Å². The highest BCUT2D eigenvalue weighted by Crippen LogP contribution is 2.13. The van der Waals surface area contributed by atoms with E-state index in [1.807, 2.05) is 16.7 Å². The first kappa shape index (κ1) is 15.3. The Bertz CT molecular complexity index is 704. The van der Waals surface area contributed by atoms with Gasteiger partial charge < -0.3 is 19.4 Å². The summed E-state index contributed by atoms with van der Waals surface area (Å²) in [5.41, 5.74) is 1.50. The third-order valence-electron chi connectivity index (χ3n) is 4.03. The van der Waals surface area contributed by atoms with Gasteiger partial charge in [0.25, 0.3) is 5.91 Å². The highest BCUT2D eigenvalue weighted by molar-refractivity contribution is 5.95. The van der Waals surface area contributed by atoms with E-state index in [0.29, 0.717) is 25.3 Å². The summed E-state index contributed by atoms with van der Waals surface area (Å²) in [4.78, 5) is 29.7. The molecule has 0 atom stereocenters. The summed E-state index contributed by atoms with van der Waals surface area (Å²) in [6, 6.07) is 3.67. The summed E-state index contributed by atoms with van der Waals surface area (Å²) in [6.45, 7) is 3.38. The van der Waals surface area contributed by atoms with Crippen molar-refractivity contribution in [2.75, 3.05) is 19.7 Å². The number of hydrogen-bond acceptors (Lipinski definition) is 4. The third-order valence-corrected chi connectivity index (χ3v) is 4.03. The summed E-state index contributed by atoms with van der Waals surface area (Å²) >= 11 is 0. The Morgan fingerprint density at radius 2 is 2.17 bits per heavy atom. The van der Waals surface area contributed by atoms with Gasteiger partial charge in [0.05, 0.1) is 24.6 Å². The number of carbonyl (C=O) groups excluding carboxylic acids is 2. The number of rotatable bonds is 3. The molecular weight excluding hydrogens is 296 g/mol. The first-order valence-corrected chi connectivity index (χ1v) is 7.81. The number of piperidine rings is 1. The van der Waals surface area contributed by atoms with Crippen molar-refractivity contribution < 1.29 is 14.3 Å². The van der Waals surface area contributed by atoms with E-state index in [0.717, 1.165) is 18.4 Å². The highest BCUT2D eigenvalue weighted by Gasteiger charge is 2.24. The van der Waals surface area contributed by atoms with Crippen molar-refractivity contribution in [1.29, 1.82) is 0 Å². The molecule has 2 aromatic heterocycles. The van der Waals surface area contributed by atoms with Gasteiger partial charge in [0.15, 0.2) is 0 Å². The first-order chi connectivity index (χ1) is 11.2. The van der Waals surface area contributed by atoms with Gasteiger partial charge in [0.2, 0.25) is 0 Å². The minimum atomic E-state index is -0.275. The average Bonchev–Trinajstić information content (AvgIpc) is 3.03. The van der Waals surface area contributed by atoms with E-state index in [4.69, 9.17) is 4.74 Å². The monoisotopic (exact) mass is 316 g/mol. The van der Waals surface area contributed by atoms with Crippen LogP contribution < -0.4 is 5.32 Å². The molecule has 3 rings (SSSR count). The molecule has 122 valence electrons. The summed E-state index contributed by atoms with van der Waals surface area (Å²) in [7, 11) is 0. The zero-order valence-corrected chi connectivity index (χ0v) is 13.1. The summed E-state index contributed by atoms with van der Waals surface area (Å²) in [5, 5.41) is 3.04. The van der Waals surface area contributed by atoms with Crippen LogP contribution in [-0.4, -0.2) is 52.0 Å². The fraction of sp³-hybridized carbons (Fsp3) is 0.438. The molecule has 0 spiro atoms. The highest BCUT2D eigenvalue weighted by atomic mass is 16.6. The molecule has 1 aliphatic heterocycles. The Labute approximate surface area is 134 Å². The van der Waals surface area contributed by atoms with E-state index in [9.17, 15) is 9.59 Å². The molecule has 0 radical (unpaired) electrons. The van der Waals surface area contributed by atoms with E-state index in [2.05, 4.69) is 10.3 Å². The van der Waals surface area contributed by atoms with Crippen LogP contribution in [0.5, 0.6) is 0 Å². The van der Waals surface area contributed by atoms with Crippen LogP contribution in [0.15, 0.2) is 30.9 Å². The number of ether oxygens (including phenoxy) is 1. The quantitative estimate of drug-likeness (QED) is 0.935. The Kier molecular flexibility index (Phi) is 4.45. The van der Waals surface area contributed by atoms with Gasteiger partial charge in [-0.2, -0.15) is 0 Å². The molecule has 0 aliphatic carbocycles. The van der Waals surface area contributed by atoms with Crippen molar-refractivity contribution in [3.05, 3.63) is 36.4 Å². The Morgan fingerprint density at radius 3 is 2.91 bits per heavy atom. The number of nitrogens with one attached hydrogen (secondary N) is 1. The van der Waals surface area contributed by atoms with Gasteiger partial charge in [-0.3, -0.25) is 4.79 Å². The molecule has 2 aromatic rings. The smallest absolute Gasteiger partial charge is 0.409 e. The molecule has 7 heteroatoms. The number of pyridine rings is 1. The number of hydrogen-bond donors (Lipinski definition) is 1. The number of nitrogens with zero attached hydrogens (tertiary/aromatic N) is 3. The van der Waals surface area contributed by atoms with E-state index >= 15 is 0 Å². The molecule has 2 amide bonds. The van der Waals surface area contributed by atoms with E-state index in [-0.39, 0.29) is 18.0 Å². The molecular formula is C16H20N4O3. The average molecular weight is 316 g/mol. The van der Waals surface area contributed by atoms with Crippen LogP contribution in [0, 0.1) is 0 Å². The molecule has 1 fully saturated rings. The fourth-order valence-corrected chi connectivity index (χ4v) is 2.75. The van der Waals surface area contributed by atoms with Crippen LogP contribution in [0.3, 0.4) is 0 Å². The lowest BCUT2D eigenvalue weighted by Gasteiger charge is -2.31. The van der Waals surface area contributed by atoms with Crippen molar-refractivity contribution >= 4 is 17.5 Å². The Hall–Kier alpha value is -2.57. The summed E-state index contributed by atoms with van der Waals surface area (Å²) < 4.78 is 6.85. The van der Waals surface area contributed by atoms with Crippen LogP contribution in [0.4, 0.5) is 4.79 Å². The Balaban J connectivity index is 1.55. The second-order valence-electron chi connectivity index (χ2n) is 5.57. The van der Waals surface area contributed by atoms with Crippen molar-refractivity contribution in [3.8, 4) is 0 Å². The predicted octanol–water partition coefficient (Wildman–Crippen LogP) is 1.68. The zero-order valence-electron chi connectivity index (χ0n) is 13.1. The van der Waals surface area contributed by atoms with Gasteiger partial charge in [-0.15, -0.1) is 0 Å². The lowest BCUT2D eigenvalue weighted by molar-refractivity contribution is 0.0860. The van der Waals surface area contributed by atoms with Crippen LogP contribution in [0.1, 0.15) is 30.1 Å². The van der Waals surface area contributed by atoms with Gasteiger partial charge in [-0.05, 0) is 31.9 Å². The van der Waals surface area contributed by atoms with Crippen LogP contribution >= 0.6 is 0 Å². The SMILES string of the molecule is CCOC(=O)N1CCC(NC(=O)c2ccn3cncc3c2)CC1. The third kappa shape index (κ3) is 3.44. The van der Waals surface area contributed by atoms with E-state index in [1.165, 1.54) is 0 Å². The van der Waals surface area contributed by atoms with Gasteiger partial charge in [-0.25, -0.2) is 9.78 Å². The van der Waals surface area contributed by atoms with Gasteiger partial charge in [-0.1, -0.05) is 0 Å². The predicted molar refractivity (Wildman–Crippen MR) is 84.3 cm³/mol. The van der Waals surface area contributed by atoms with Crippen LogP contribution in [0.2, 0.25) is 0 Å². The number of imidazole rings is 1. The Morgan fingerprint density at radius 1 is 1.39 bits per heavy atom. The van der Waals surface area contributed by atoms with Crippen molar-refractivity contribution in [1.82, 2.24) is 19.6 Å². The maximum atomic E-state index is 12.4. The molecule has 0 saturated carbocycles. The van der Waals surface area contributed by atoms with Gasteiger partial charge >= 0.3 is 6.09 Å². The van der Waals surface area contributed by atoms with Gasteiger partial charge in [0.1, 0.15) is 0 Å². The fourth-order valence-electron chi connectivity index (χ4n) is 2.75. The van der Waals surface area contributed by atoms with Crippen molar-refractivity contribution in [2.24, 2.45) is 0 Å². The normalized spacial score (nSPS) is 15.6. The molecule has 0 aromatic carbocycles. The zero-order chi connectivity index (χ0) is 16.2.